The minimum absolute atomic E-state index is 0.107. The molecule has 0 aromatic heterocycles. The van der Waals surface area contributed by atoms with E-state index in [2.05, 4.69) is 0 Å². The zero-order valence-electron chi connectivity index (χ0n) is 11.0. The third-order valence-corrected chi connectivity index (χ3v) is 3.90. The van der Waals surface area contributed by atoms with E-state index in [4.69, 9.17) is 5.11 Å². The molecule has 1 aliphatic heterocycles. The van der Waals surface area contributed by atoms with Crippen LogP contribution in [0.2, 0.25) is 0 Å². The molecule has 0 aromatic carbocycles. The van der Waals surface area contributed by atoms with Gasteiger partial charge in [-0.25, -0.2) is 4.79 Å². The number of carbonyl (C=O) groups excluding carboxylic acids is 1. The molecule has 0 unspecified atom stereocenters. The topological polar surface area (TPSA) is 60.9 Å². The van der Waals surface area contributed by atoms with Crippen LogP contribution in [0, 0.1) is 11.8 Å². The largest absolute Gasteiger partial charge is 0.481 e. The molecule has 1 saturated carbocycles. The van der Waals surface area contributed by atoms with Crippen molar-refractivity contribution >= 4 is 12.0 Å². The van der Waals surface area contributed by atoms with Gasteiger partial charge in [0.15, 0.2) is 0 Å². The number of hydrogen-bond acceptors (Lipinski definition) is 2. The van der Waals surface area contributed by atoms with Gasteiger partial charge in [0.1, 0.15) is 0 Å². The molecule has 1 heterocycles. The molecule has 2 aliphatic rings. The average molecular weight is 254 g/mol. The lowest BCUT2D eigenvalue weighted by Crippen LogP contribution is -2.46. The molecular formula is C13H22N2O3. The number of urea groups is 1. The van der Waals surface area contributed by atoms with Gasteiger partial charge in [0.2, 0.25) is 0 Å². The summed E-state index contributed by atoms with van der Waals surface area (Å²) in [5.41, 5.74) is 0. The number of likely N-dealkylation sites (tertiary alicyclic amines) is 1. The number of hydrogen-bond donors (Lipinski definition) is 1. The van der Waals surface area contributed by atoms with Gasteiger partial charge in [-0.15, -0.1) is 0 Å². The zero-order chi connectivity index (χ0) is 13.1. The minimum Gasteiger partial charge on any atom is -0.481 e. The second-order valence-electron chi connectivity index (χ2n) is 5.63. The molecule has 0 radical (unpaired) electrons. The first kappa shape index (κ1) is 13.2. The smallest absolute Gasteiger partial charge is 0.319 e. The van der Waals surface area contributed by atoms with E-state index in [-0.39, 0.29) is 18.4 Å². The number of carbonyl (C=O) groups is 2. The van der Waals surface area contributed by atoms with Gasteiger partial charge in [-0.2, -0.15) is 0 Å². The van der Waals surface area contributed by atoms with Gasteiger partial charge in [-0.05, 0) is 37.5 Å². The molecule has 5 nitrogen and oxygen atoms in total. The Morgan fingerprint density at radius 3 is 2.28 bits per heavy atom. The van der Waals surface area contributed by atoms with Gasteiger partial charge < -0.3 is 14.9 Å². The van der Waals surface area contributed by atoms with Gasteiger partial charge >= 0.3 is 12.0 Å². The summed E-state index contributed by atoms with van der Waals surface area (Å²) in [5.74, 6) is 0.217. The van der Waals surface area contributed by atoms with E-state index in [0.717, 1.165) is 19.4 Å². The molecule has 102 valence electrons. The van der Waals surface area contributed by atoms with Gasteiger partial charge in [0.25, 0.3) is 0 Å². The predicted molar refractivity (Wildman–Crippen MR) is 67.3 cm³/mol. The molecule has 1 aliphatic carbocycles. The number of aliphatic carboxylic acids is 1. The maximum absolute atomic E-state index is 12.1. The van der Waals surface area contributed by atoms with Crippen molar-refractivity contribution in [3.8, 4) is 0 Å². The van der Waals surface area contributed by atoms with Crippen LogP contribution in [0.3, 0.4) is 0 Å². The molecule has 2 fully saturated rings. The molecule has 5 heteroatoms. The molecule has 18 heavy (non-hydrogen) atoms. The molecule has 0 bridgehead atoms. The van der Waals surface area contributed by atoms with Gasteiger partial charge in [-0.3, -0.25) is 4.79 Å². The monoisotopic (exact) mass is 254 g/mol. The van der Waals surface area contributed by atoms with Crippen molar-refractivity contribution in [3.63, 3.8) is 0 Å². The maximum atomic E-state index is 12.1. The van der Waals surface area contributed by atoms with E-state index in [0.29, 0.717) is 19.0 Å². The number of amides is 2. The SMILES string of the molecule is CN(CC1CC1)C(=O)N1CCC(CC(=O)O)CC1. The van der Waals surface area contributed by atoms with Crippen LogP contribution in [0.15, 0.2) is 0 Å². The van der Waals surface area contributed by atoms with Crippen LogP contribution in [0.25, 0.3) is 0 Å². The van der Waals surface area contributed by atoms with Crippen LogP contribution in [0.4, 0.5) is 4.79 Å². The summed E-state index contributed by atoms with van der Waals surface area (Å²) in [7, 11) is 1.87. The lowest BCUT2D eigenvalue weighted by Gasteiger charge is -2.34. The quantitative estimate of drug-likeness (QED) is 0.829. The number of nitrogens with zero attached hydrogens (tertiary/aromatic N) is 2. The summed E-state index contributed by atoms with van der Waals surface area (Å²) in [6, 6.07) is 0.107. The highest BCUT2D eigenvalue weighted by atomic mass is 16.4. The van der Waals surface area contributed by atoms with Crippen LogP contribution in [0.1, 0.15) is 32.1 Å². The van der Waals surface area contributed by atoms with Crippen molar-refractivity contribution in [2.45, 2.75) is 32.1 Å². The Morgan fingerprint density at radius 2 is 1.78 bits per heavy atom. The molecule has 2 amide bonds. The van der Waals surface area contributed by atoms with Crippen LogP contribution >= 0.6 is 0 Å². The highest BCUT2D eigenvalue weighted by molar-refractivity contribution is 5.74. The summed E-state index contributed by atoms with van der Waals surface area (Å²) >= 11 is 0. The van der Waals surface area contributed by atoms with Crippen molar-refractivity contribution < 1.29 is 14.7 Å². The Kier molecular flexibility index (Phi) is 4.09. The van der Waals surface area contributed by atoms with E-state index >= 15 is 0 Å². The highest BCUT2D eigenvalue weighted by Gasteiger charge is 2.29. The second kappa shape index (κ2) is 5.59. The normalized spacial score (nSPS) is 20.8. The van der Waals surface area contributed by atoms with Gasteiger partial charge in [0.05, 0.1) is 0 Å². The molecule has 1 N–H and O–H groups in total. The van der Waals surface area contributed by atoms with Crippen molar-refractivity contribution in [1.29, 1.82) is 0 Å². The number of carboxylic acid groups (broad SMARTS) is 1. The van der Waals surface area contributed by atoms with Crippen LogP contribution in [-0.2, 0) is 4.79 Å². The van der Waals surface area contributed by atoms with E-state index < -0.39 is 5.97 Å². The first-order valence-corrected chi connectivity index (χ1v) is 6.78. The van der Waals surface area contributed by atoms with Crippen LogP contribution in [0.5, 0.6) is 0 Å². The van der Waals surface area contributed by atoms with Gasteiger partial charge in [-0.1, -0.05) is 0 Å². The predicted octanol–water partition coefficient (Wildman–Crippen LogP) is 1.63. The Hall–Kier alpha value is -1.26. The number of rotatable bonds is 4. The molecule has 2 rings (SSSR count). The molecule has 0 spiro atoms. The second-order valence-corrected chi connectivity index (χ2v) is 5.63. The number of piperidine rings is 1. The van der Waals surface area contributed by atoms with Crippen LogP contribution < -0.4 is 0 Å². The Morgan fingerprint density at radius 1 is 1.17 bits per heavy atom. The Bertz CT molecular complexity index is 320. The first-order chi connectivity index (χ1) is 8.56. The van der Waals surface area contributed by atoms with E-state index in [1.807, 2.05) is 16.8 Å². The van der Waals surface area contributed by atoms with Gasteiger partial charge in [0, 0.05) is 33.1 Å². The summed E-state index contributed by atoms with van der Waals surface area (Å²) in [6.07, 6.45) is 4.36. The van der Waals surface area contributed by atoms with E-state index in [1.54, 1.807) is 0 Å². The standard InChI is InChI=1S/C13H22N2O3/c1-14(9-11-2-3-11)13(18)15-6-4-10(5-7-15)8-12(16)17/h10-11H,2-9H2,1H3,(H,16,17). The van der Waals surface area contributed by atoms with E-state index in [9.17, 15) is 9.59 Å². The fraction of sp³-hybridized carbons (Fsp3) is 0.846. The average Bonchev–Trinajstić information content (AvgIpc) is 3.12. The van der Waals surface area contributed by atoms with Crippen molar-refractivity contribution in [2.75, 3.05) is 26.7 Å². The minimum atomic E-state index is -0.731. The first-order valence-electron chi connectivity index (χ1n) is 6.78. The fourth-order valence-electron chi connectivity index (χ4n) is 2.58. The van der Waals surface area contributed by atoms with Crippen molar-refractivity contribution in [2.24, 2.45) is 11.8 Å². The van der Waals surface area contributed by atoms with Crippen molar-refractivity contribution in [3.05, 3.63) is 0 Å². The molecular weight excluding hydrogens is 232 g/mol. The third-order valence-electron chi connectivity index (χ3n) is 3.90. The van der Waals surface area contributed by atoms with Crippen molar-refractivity contribution in [1.82, 2.24) is 9.80 Å². The lowest BCUT2D eigenvalue weighted by atomic mass is 9.94. The molecule has 1 saturated heterocycles. The van der Waals surface area contributed by atoms with E-state index in [1.165, 1.54) is 12.8 Å². The fourth-order valence-corrected chi connectivity index (χ4v) is 2.58. The summed E-state index contributed by atoms with van der Waals surface area (Å²) in [5, 5.41) is 8.75. The highest BCUT2D eigenvalue weighted by Crippen LogP contribution is 2.30. The summed E-state index contributed by atoms with van der Waals surface area (Å²) in [6.45, 7) is 2.27. The Balaban J connectivity index is 1.74. The lowest BCUT2D eigenvalue weighted by molar-refractivity contribution is -0.138. The summed E-state index contributed by atoms with van der Waals surface area (Å²) in [4.78, 5) is 26.4. The van der Waals surface area contributed by atoms with Crippen LogP contribution in [-0.4, -0.2) is 53.6 Å². The third kappa shape index (κ3) is 3.62. The molecule has 0 atom stereocenters. The number of carboxylic acids is 1. The Labute approximate surface area is 108 Å². The molecule has 0 aromatic rings. The summed E-state index contributed by atoms with van der Waals surface area (Å²) < 4.78 is 0. The zero-order valence-corrected chi connectivity index (χ0v) is 11.0. The maximum Gasteiger partial charge on any atom is 0.319 e.